The molecule has 0 bridgehead atoms. The van der Waals surface area contributed by atoms with Crippen molar-refractivity contribution in [3.8, 4) is 0 Å². The number of rotatable bonds is 6. The Kier molecular flexibility index (Phi) is 4.13. The highest BCUT2D eigenvalue weighted by Gasteiger charge is 1.94. The van der Waals surface area contributed by atoms with Crippen LogP contribution in [0.1, 0.15) is 13.9 Å². The summed E-state index contributed by atoms with van der Waals surface area (Å²) in [6.07, 6.45) is 1.41. The van der Waals surface area contributed by atoms with Gasteiger partial charge in [-0.25, -0.2) is 0 Å². The normalized spacial score (nSPS) is 15.8. The summed E-state index contributed by atoms with van der Waals surface area (Å²) in [5, 5.41) is 0. The number of hydrogen-bond acceptors (Lipinski definition) is 1. The lowest BCUT2D eigenvalue weighted by atomic mass is 10.2. The summed E-state index contributed by atoms with van der Waals surface area (Å²) in [6, 6.07) is 20.1. The molecule has 0 aliphatic heterocycles. The minimum atomic E-state index is -0.270. The fourth-order valence-corrected chi connectivity index (χ4v) is 2.30. The van der Waals surface area contributed by atoms with Gasteiger partial charge in [0.2, 0.25) is 0 Å². The molecular formula is C16H18S. The summed E-state index contributed by atoms with van der Waals surface area (Å²) >= 11 is 1.42. The summed E-state index contributed by atoms with van der Waals surface area (Å²) < 4.78 is 16.1. The van der Waals surface area contributed by atoms with Gasteiger partial charge >= 0.3 is 0 Å². The highest BCUT2D eigenvalue weighted by atomic mass is 32.2. The molecule has 0 heterocycles. The lowest BCUT2D eigenvalue weighted by Crippen LogP contribution is -1.92. The Labute approximate surface area is 111 Å². The first-order chi connectivity index (χ1) is 9.24. The Morgan fingerprint density at radius 1 is 0.706 bits per heavy atom. The standard InChI is InChI=1S/C16H18S/c1-3-7-15(8-4-1)11-13-17-14-12-16-9-5-2-6-10-16/h1-10H,11-14H2/i13D,14D. The molecule has 88 valence electrons. The van der Waals surface area contributed by atoms with Crippen LogP contribution >= 0.6 is 11.8 Å². The van der Waals surface area contributed by atoms with Gasteiger partial charge in [-0.3, -0.25) is 0 Å². The molecule has 2 aromatic rings. The Morgan fingerprint density at radius 2 is 1.12 bits per heavy atom. The zero-order valence-corrected chi connectivity index (χ0v) is 10.6. The van der Waals surface area contributed by atoms with E-state index in [9.17, 15) is 0 Å². The van der Waals surface area contributed by atoms with Crippen molar-refractivity contribution >= 4 is 11.8 Å². The molecular weight excluding hydrogens is 224 g/mol. The van der Waals surface area contributed by atoms with Gasteiger partial charge in [-0.1, -0.05) is 60.7 Å². The molecule has 0 radical (unpaired) electrons. The van der Waals surface area contributed by atoms with Crippen molar-refractivity contribution in [3.05, 3.63) is 71.8 Å². The fraction of sp³-hybridized carbons (Fsp3) is 0.250. The predicted molar refractivity (Wildman–Crippen MR) is 77.6 cm³/mol. The predicted octanol–water partition coefficient (Wildman–Crippen LogP) is 4.21. The third-order valence-corrected chi connectivity index (χ3v) is 3.23. The van der Waals surface area contributed by atoms with Gasteiger partial charge in [0.05, 0.1) is 0 Å². The van der Waals surface area contributed by atoms with E-state index in [1.807, 2.05) is 60.7 Å². The van der Waals surface area contributed by atoms with E-state index < -0.39 is 0 Å². The maximum Gasteiger partial charge on any atom is 0.0384 e. The first-order valence-corrected chi connectivity index (χ1v) is 6.76. The molecule has 0 saturated heterocycles. The molecule has 1 heteroatoms. The van der Waals surface area contributed by atoms with E-state index in [0.717, 1.165) is 0 Å². The Balaban J connectivity index is 1.80. The molecule has 0 N–H and O–H groups in total. The maximum atomic E-state index is 8.05. The second-order valence-electron chi connectivity index (χ2n) is 3.85. The molecule has 17 heavy (non-hydrogen) atoms. The van der Waals surface area contributed by atoms with Crippen LogP contribution in [0, 0.1) is 0 Å². The van der Waals surface area contributed by atoms with Crippen LogP contribution in [0.3, 0.4) is 0 Å². The zero-order chi connectivity index (χ0) is 13.5. The van der Waals surface area contributed by atoms with Crippen molar-refractivity contribution in [2.24, 2.45) is 0 Å². The minimum absolute atomic E-state index is 0.270. The summed E-state index contributed by atoms with van der Waals surface area (Å²) in [5.74, 6) is 0. The van der Waals surface area contributed by atoms with E-state index in [0.29, 0.717) is 12.8 Å². The van der Waals surface area contributed by atoms with Crippen LogP contribution in [-0.2, 0) is 12.8 Å². The average Bonchev–Trinajstić information content (AvgIpc) is 2.40. The first kappa shape index (κ1) is 9.78. The lowest BCUT2D eigenvalue weighted by Gasteiger charge is -2.02. The molecule has 0 aliphatic rings. The second kappa shape index (κ2) is 7.18. The third-order valence-electron chi connectivity index (χ3n) is 2.52. The van der Waals surface area contributed by atoms with Crippen molar-refractivity contribution in [1.82, 2.24) is 0 Å². The van der Waals surface area contributed by atoms with E-state index in [-0.39, 0.29) is 11.5 Å². The number of thioether (sulfide) groups is 1. The molecule has 2 rings (SSSR count). The smallest absolute Gasteiger partial charge is 0.0384 e. The van der Waals surface area contributed by atoms with Gasteiger partial charge in [-0.2, -0.15) is 11.8 Å². The van der Waals surface area contributed by atoms with Crippen LogP contribution in [0.15, 0.2) is 60.7 Å². The molecule has 0 aromatic heterocycles. The number of hydrogen-bond donors (Lipinski definition) is 0. The van der Waals surface area contributed by atoms with Crippen molar-refractivity contribution in [2.75, 3.05) is 11.5 Å². The molecule has 0 aliphatic carbocycles. The minimum Gasteiger partial charge on any atom is -0.161 e. The highest BCUT2D eigenvalue weighted by molar-refractivity contribution is 7.99. The van der Waals surface area contributed by atoms with Gasteiger partial charge in [-0.15, -0.1) is 0 Å². The van der Waals surface area contributed by atoms with E-state index in [1.165, 1.54) is 22.9 Å². The molecule has 2 unspecified atom stereocenters. The van der Waals surface area contributed by atoms with Gasteiger partial charge in [-0.05, 0) is 35.4 Å². The van der Waals surface area contributed by atoms with Crippen molar-refractivity contribution in [2.45, 2.75) is 12.8 Å². The van der Waals surface area contributed by atoms with Crippen LogP contribution < -0.4 is 0 Å². The van der Waals surface area contributed by atoms with Crippen LogP contribution in [0.4, 0.5) is 0 Å². The van der Waals surface area contributed by atoms with Gasteiger partial charge in [0.1, 0.15) is 0 Å². The fourth-order valence-electron chi connectivity index (χ4n) is 1.58. The quantitative estimate of drug-likeness (QED) is 0.733. The van der Waals surface area contributed by atoms with Crippen molar-refractivity contribution < 1.29 is 2.74 Å². The summed E-state index contributed by atoms with van der Waals surface area (Å²) in [4.78, 5) is 0. The molecule has 0 fully saturated rings. The van der Waals surface area contributed by atoms with Crippen LogP contribution in [0.2, 0.25) is 0 Å². The summed E-state index contributed by atoms with van der Waals surface area (Å²) in [7, 11) is 0. The Morgan fingerprint density at radius 3 is 1.53 bits per heavy atom. The van der Waals surface area contributed by atoms with Gasteiger partial charge in [0.15, 0.2) is 0 Å². The van der Waals surface area contributed by atoms with E-state index >= 15 is 0 Å². The number of aryl methyl sites for hydroxylation is 2. The lowest BCUT2D eigenvalue weighted by molar-refractivity contribution is 1.13. The maximum absolute atomic E-state index is 8.05. The zero-order valence-electron chi connectivity index (χ0n) is 11.8. The molecule has 0 saturated carbocycles. The largest absolute Gasteiger partial charge is 0.161 e. The Bertz CT molecular complexity index is 427. The van der Waals surface area contributed by atoms with E-state index in [4.69, 9.17) is 2.74 Å². The van der Waals surface area contributed by atoms with Crippen LogP contribution in [0.25, 0.3) is 0 Å². The topological polar surface area (TPSA) is 0 Å². The molecule has 2 atom stereocenters. The third kappa shape index (κ3) is 4.66. The van der Waals surface area contributed by atoms with Crippen LogP contribution in [0.5, 0.6) is 0 Å². The average molecular weight is 244 g/mol. The van der Waals surface area contributed by atoms with Gasteiger partial charge < -0.3 is 0 Å². The van der Waals surface area contributed by atoms with Gasteiger partial charge in [0.25, 0.3) is 0 Å². The molecule has 0 amide bonds. The van der Waals surface area contributed by atoms with Crippen LogP contribution in [-0.4, -0.2) is 11.5 Å². The highest BCUT2D eigenvalue weighted by Crippen LogP contribution is 2.09. The SMILES string of the molecule is [2H]C(Cc1ccccc1)SC([2H])Cc1ccccc1. The van der Waals surface area contributed by atoms with E-state index in [1.54, 1.807) is 0 Å². The monoisotopic (exact) mass is 244 g/mol. The van der Waals surface area contributed by atoms with Crippen molar-refractivity contribution in [1.29, 1.82) is 0 Å². The molecule has 2 aromatic carbocycles. The Hall–Kier alpha value is -1.21. The van der Waals surface area contributed by atoms with Gasteiger partial charge in [0, 0.05) is 2.74 Å². The molecule has 0 nitrogen and oxygen atoms in total. The number of benzene rings is 2. The first-order valence-electron chi connectivity index (χ1n) is 6.97. The summed E-state index contributed by atoms with van der Waals surface area (Å²) in [6.45, 7) is 0. The van der Waals surface area contributed by atoms with Crippen molar-refractivity contribution in [3.63, 3.8) is 0 Å². The van der Waals surface area contributed by atoms with E-state index in [2.05, 4.69) is 0 Å². The second-order valence-corrected chi connectivity index (χ2v) is 4.79. The summed E-state index contributed by atoms with van der Waals surface area (Å²) in [5.41, 5.74) is 1.80. The molecule has 0 spiro atoms.